The second-order valence-electron chi connectivity index (χ2n) is 30.5. The second kappa shape index (κ2) is 40.2. The molecule has 0 amide bonds. The second-order valence-corrected chi connectivity index (χ2v) is 34.7. The SMILES string of the molecule is CCCn1cnc(/C=C/c2ccc(Oc3c(-c4ccc(O)cc4)sc4cc(O)ccc34)cc2)c1.CCCn1cncc1/C=C/c1ccc(Oc2c(-c3ccc(O)cc3)sc3cc(O)ccc23)cc1.Cn1cnc(/C=C/c2ccc(Oc3c(-c4ccc(O)cc4)sc4cc(O)ccc34)cc2)c1.Oc1ccc(-c2sc3cc(O)ccc3c2Oc2ccc(/C=C/c3cnc[nH]3)cc2)cc1. The van der Waals surface area contributed by atoms with E-state index in [-0.39, 0.29) is 46.0 Å². The number of aryl methyl sites for hydroxylation is 3. The van der Waals surface area contributed by atoms with Crippen molar-refractivity contribution in [2.75, 3.05) is 0 Å². The van der Waals surface area contributed by atoms with Crippen LogP contribution in [0.25, 0.3) is 131 Å². The van der Waals surface area contributed by atoms with Gasteiger partial charge in [0.15, 0.2) is 23.0 Å². The Balaban J connectivity index is 0.000000122. The van der Waals surface area contributed by atoms with Crippen LogP contribution in [0.4, 0.5) is 0 Å². The molecule has 20 nitrogen and oxygen atoms in total. The molecular weight excluding hydrogens is 1720 g/mol. The Bertz CT molecular complexity index is 7440. The number of nitrogens with one attached hydrogen (secondary N) is 1. The summed E-state index contributed by atoms with van der Waals surface area (Å²) in [7, 11) is 1.94. The Labute approximate surface area is 769 Å². The minimum Gasteiger partial charge on any atom is -0.508 e. The lowest BCUT2D eigenvalue weighted by atomic mass is 10.1. The van der Waals surface area contributed by atoms with Crippen molar-refractivity contribution in [3.05, 3.63) is 362 Å². The van der Waals surface area contributed by atoms with Gasteiger partial charge in [0.1, 0.15) is 69.0 Å². The summed E-state index contributed by atoms with van der Waals surface area (Å²) in [4.78, 5) is 23.7. The molecule has 0 radical (unpaired) electrons. The smallest absolute Gasteiger partial charge is 0.153 e. The van der Waals surface area contributed by atoms with Crippen LogP contribution in [0.1, 0.15) is 71.7 Å². The zero-order valence-corrected chi connectivity index (χ0v) is 74.2. The molecule has 0 aliphatic heterocycles. The van der Waals surface area contributed by atoms with Crippen molar-refractivity contribution in [1.29, 1.82) is 0 Å². The molecule has 8 aromatic heterocycles. The predicted octanol–water partition coefficient (Wildman–Crippen LogP) is 28.4. The van der Waals surface area contributed by atoms with Crippen molar-refractivity contribution in [2.24, 2.45) is 7.05 Å². The molecule has 0 aliphatic carbocycles. The number of nitrogens with zero attached hydrogens (tertiary/aromatic N) is 7. The molecule has 0 unspecified atom stereocenters. The van der Waals surface area contributed by atoms with Crippen molar-refractivity contribution in [3.63, 3.8) is 0 Å². The van der Waals surface area contributed by atoms with Crippen LogP contribution in [0.5, 0.6) is 92.0 Å². The third-order valence-corrected chi connectivity index (χ3v) is 25.5. The highest BCUT2D eigenvalue weighted by molar-refractivity contribution is 7.24. The van der Waals surface area contributed by atoms with Crippen molar-refractivity contribution in [2.45, 2.75) is 39.8 Å². The molecule has 0 atom stereocenters. The molecule has 12 aromatic carbocycles. The standard InChI is InChI=1S/2C28H24N2O3S.C26H20N2O3S.C25H18N2O3S/c1-2-15-30-17-21(29-18-30)8-3-19-4-12-24(13-5-19)33-27-25-14-11-23(32)16-26(25)34-28(27)20-6-9-22(31)10-7-20;1-2-15-30-18-29-17-21(30)8-3-19-4-12-24(13-5-19)33-27-25-14-11-23(32)16-26(25)34-28(27)20-6-9-22(31)10-7-20;1-28-15-19(27-16-28)7-2-17-3-11-22(12-4-17)31-25-23-13-10-21(30)14-24(23)32-26(25)18-5-8-20(29)9-6-18;28-19-7-4-17(5-8-19)25-24(22-12-9-20(29)13-23(22)31-25)30-21-10-2-16(3-11-21)1-6-18-14-26-15-27-18/h2*3-14,16-18,31-32H,2,15H2,1H3;2-16,29-30H,1H3;1-15,28-29H,(H,26,27)/b2*8-3+;7-2+;6-1+. The third kappa shape index (κ3) is 21.6. The number of phenolic OH excluding ortho intramolecular Hbond substituents is 8. The Morgan fingerprint density at radius 2 is 0.641 bits per heavy atom. The summed E-state index contributed by atoms with van der Waals surface area (Å²) in [6.07, 6.45) is 33.0. The average molecular weight is 1800 g/mol. The van der Waals surface area contributed by atoms with E-state index in [0.29, 0.717) is 11.5 Å². The van der Waals surface area contributed by atoms with Gasteiger partial charge < -0.3 is 78.5 Å². The Kier molecular flexibility index (Phi) is 26.7. The molecular formula is C107H86N8O12S4. The van der Waals surface area contributed by atoms with E-state index in [1.807, 2.05) is 249 Å². The van der Waals surface area contributed by atoms with Gasteiger partial charge in [-0.1, -0.05) is 86.7 Å². The number of aromatic nitrogens is 8. The van der Waals surface area contributed by atoms with Crippen LogP contribution in [-0.4, -0.2) is 79.5 Å². The maximum Gasteiger partial charge on any atom is 0.153 e. The zero-order chi connectivity index (χ0) is 90.3. The lowest BCUT2D eigenvalue weighted by Crippen LogP contribution is -1.96. The monoisotopic (exact) mass is 1800 g/mol. The number of aromatic hydroxyl groups is 8. The summed E-state index contributed by atoms with van der Waals surface area (Å²) < 4.78 is 35.2. The first-order valence-corrected chi connectivity index (χ1v) is 45.2. The quantitative estimate of drug-likeness (QED) is 0.0272. The number of benzene rings is 12. The predicted molar refractivity (Wildman–Crippen MR) is 531 cm³/mol. The van der Waals surface area contributed by atoms with Crippen LogP contribution in [0.2, 0.25) is 0 Å². The normalized spacial score (nSPS) is 11.4. The Hall–Kier alpha value is -16.1. The molecule has 24 heteroatoms. The fourth-order valence-electron chi connectivity index (χ4n) is 14.3. The van der Waals surface area contributed by atoms with E-state index in [4.69, 9.17) is 18.9 Å². The molecule has 20 aromatic rings. The van der Waals surface area contributed by atoms with Gasteiger partial charge in [-0.05, 0) is 300 Å². The van der Waals surface area contributed by atoms with Gasteiger partial charge in [0, 0.05) is 72.9 Å². The number of thiophene rings is 4. The highest BCUT2D eigenvalue weighted by Crippen LogP contribution is 2.52. The van der Waals surface area contributed by atoms with Crippen molar-refractivity contribution in [3.8, 4) is 134 Å². The van der Waals surface area contributed by atoms with Gasteiger partial charge in [0.25, 0.3) is 0 Å². The summed E-state index contributed by atoms with van der Waals surface area (Å²) in [5.74, 6) is 7.51. The molecule has 131 heavy (non-hydrogen) atoms. The first-order valence-electron chi connectivity index (χ1n) is 41.9. The van der Waals surface area contributed by atoms with Gasteiger partial charge in [-0.2, -0.15) is 0 Å². The van der Waals surface area contributed by atoms with E-state index in [9.17, 15) is 40.9 Å². The number of phenols is 8. The fourth-order valence-corrected chi connectivity index (χ4v) is 18.9. The van der Waals surface area contributed by atoms with Gasteiger partial charge in [-0.15, -0.1) is 45.3 Å². The van der Waals surface area contributed by atoms with E-state index in [1.54, 1.807) is 150 Å². The molecule has 8 heterocycles. The molecule has 650 valence electrons. The van der Waals surface area contributed by atoms with Crippen molar-refractivity contribution < 1.29 is 59.8 Å². The van der Waals surface area contributed by atoms with Crippen LogP contribution in [0, 0.1) is 0 Å². The zero-order valence-electron chi connectivity index (χ0n) is 70.9. The molecule has 0 spiro atoms. The third-order valence-electron chi connectivity index (χ3n) is 20.8. The van der Waals surface area contributed by atoms with E-state index >= 15 is 0 Å². The molecule has 0 saturated carbocycles. The van der Waals surface area contributed by atoms with Gasteiger partial charge in [0.2, 0.25) is 0 Å². The van der Waals surface area contributed by atoms with Crippen LogP contribution in [0.3, 0.4) is 0 Å². The molecule has 20 rings (SSSR count). The largest absolute Gasteiger partial charge is 0.508 e. The summed E-state index contributed by atoms with van der Waals surface area (Å²) >= 11 is 6.17. The van der Waals surface area contributed by atoms with Gasteiger partial charge in [0.05, 0.1) is 80.0 Å². The Morgan fingerprint density at radius 3 is 0.962 bits per heavy atom. The topological polar surface area (TPSA) is 281 Å². The molecule has 0 saturated heterocycles. The highest BCUT2D eigenvalue weighted by Gasteiger charge is 2.23. The fraction of sp³-hybridized carbons (Fsp3) is 0.0654. The van der Waals surface area contributed by atoms with Crippen LogP contribution < -0.4 is 18.9 Å². The first kappa shape index (κ1) is 87.0. The number of hydrogen-bond donors (Lipinski definition) is 9. The average Bonchev–Trinajstić information content (AvgIpc) is 1.65. The van der Waals surface area contributed by atoms with E-state index < -0.39 is 0 Å². The maximum absolute atomic E-state index is 9.94. The lowest BCUT2D eigenvalue weighted by molar-refractivity contribution is 0.474. The van der Waals surface area contributed by atoms with E-state index in [1.165, 1.54) is 11.3 Å². The molecule has 0 fully saturated rings. The minimum atomic E-state index is 0.212. The molecule has 9 N–H and O–H groups in total. The summed E-state index contributed by atoms with van der Waals surface area (Å²) in [6, 6.07) is 80.8. The highest BCUT2D eigenvalue weighted by atomic mass is 32.1. The van der Waals surface area contributed by atoms with Crippen molar-refractivity contribution in [1.82, 2.24) is 38.6 Å². The summed E-state index contributed by atoms with van der Waals surface area (Å²) in [6.45, 7) is 6.21. The summed E-state index contributed by atoms with van der Waals surface area (Å²) in [5.41, 5.74) is 11.8. The van der Waals surface area contributed by atoms with Crippen LogP contribution >= 0.6 is 45.3 Å². The minimum absolute atomic E-state index is 0.212. The van der Waals surface area contributed by atoms with Gasteiger partial charge in [-0.3, -0.25) is 0 Å². The number of hydrogen-bond acceptors (Lipinski definition) is 20. The number of rotatable bonds is 24. The van der Waals surface area contributed by atoms with Gasteiger partial charge >= 0.3 is 0 Å². The lowest BCUT2D eigenvalue weighted by Gasteiger charge is -2.09. The van der Waals surface area contributed by atoms with Crippen LogP contribution in [-0.2, 0) is 20.1 Å². The number of fused-ring (bicyclic) bond motifs is 4. The van der Waals surface area contributed by atoms with Crippen molar-refractivity contribution >= 4 is 134 Å². The number of ether oxygens (including phenoxy) is 4. The summed E-state index contributed by atoms with van der Waals surface area (Å²) in [5, 5.41) is 82.1. The maximum atomic E-state index is 9.94. The number of H-pyrrole nitrogens is 1. The number of aromatic amines is 1. The van der Waals surface area contributed by atoms with E-state index in [2.05, 4.69) is 60.1 Å². The van der Waals surface area contributed by atoms with E-state index in [0.717, 1.165) is 188 Å². The van der Waals surface area contributed by atoms with Gasteiger partial charge in [-0.25, -0.2) is 19.9 Å². The molecule has 0 aliphatic rings. The first-order chi connectivity index (χ1) is 63.9. The van der Waals surface area contributed by atoms with Crippen LogP contribution in [0.15, 0.2) is 317 Å². The Morgan fingerprint density at radius 1 is 0.321 bits per heavy atom. The number of imidazole rings is 4. The molecule has 0 bridgehead atoms.